The van der Waals surface area contributed by atoms with E-state index in [2.05, 4.69) is 43.1 Å². The van der Waals surface area contributed by atoms with Gasteiger partial charge in [0, 0.05) is 12.2 Å². The number of nitrogens with one attached hydrogen (secondary N) is 1. The highest BCUT2D eigenvalue weighted by Gasteiger charge is 2.20. The number of pyridine rings is 1. The molecular weight excluding hydrogens is 224 g/mol. The Morgan fingerprint density at radius 3 is 2.67 bits per heavy atom. The fraction of sp³-hybridized carbons (Fsp3) is 0.571. The molecule has 2 rings (SSSR count). The summed E-state index contributed by atoms with van der Waals surface area (Å²) in [6.07, 6.45) is 0. The van der Waals surface area contributed by atoms with Crippen LogP contribution in [0.15, 0.2) is 18.2 Å². The zero-order valence-corrected chi connectivity index (χ0v) is 11.9. The molecule has 2 aromatic rings. The van der Waals surface area contributed by atoms with Crippen LogP contribution in [0.2, 0.25) is 0 Å². The number of hydrogen-bond acceptors (Lipinski definition) is 3. The van der Waals surface area contributed by atoms with E-state index >= 15 is 0 Å². The minimum absolute atomic E-state index is 0.294. The summed E-state index contributed by atoms with van der Waals surface area (Å²) in [5, 5.41) is 7.79. The van der Waals surface area contributed by atoms with E-state index in [1.54, 1.807) is 0 Å². The van der Waals surface area contributed by atoms with Crippen LogP contribution in [0.25, 0.3) is 5.65 Å². The second-order valence-electron chi connectivity index (χ2n) is 6.02. The summed E-state index contributed by atoms with van der Waals surface area (Å²) >= 11 is 0. The van der Waals surface area contributed by atoms with Gasteiger partial charge in [-0.25, -0.2) is 4.52 Å². The standard InChI is InChI=1S/C14H22N4/c1-10(14(3,4)5)9-15-13-16-12-8-6-7-11(2)18(12)17-13/h6-8,10H,9H2,1-5H3,(H,15,17). The van der Waals surface area contributed by atoms with Crippen molar-refractivity contribution in [2.45, 2.75) is 34.6 Å². The van der Waals surface area contributed by atoms with E-state index in [-0.39, 0.29) is 0 Å². The Kier molecular flexibility index (Phi) is 3.28. The third kappa shape index (κ3) is 2.63. The molecule has 2 heterocycles. The molecule has 0 fully saturated rings. The minimum atomic E-state index is 0.294. The van der Waals surface area contributed by atoms with Gasteiger partial charge in [-0.1, -0.05) is 33.8 Å². The van der Waals surface area contributed by atoms with Crippen molar-refractivity contribution in [3.8, 4) is 0 Å². The van der Waals surface area contributed by atoms with E-state index < -0.39 is 0 Å². The van der Waals surface area contributed by atoms with Crippen LogP contribution in [-0.2, 0) is 0 Å². The van der Waals surface area contributed by atoms with Crippen molar-refractivity contribution in [3.63, 3.8) is 0 Å². The van der Waals surface area contributed by atoms with Crippen LogP contribution in [0.3, 0.4) is 0 Å². The average Bonchev–Trinajstić information content (AvgIpc) is 2.69. The van der Waals surface area contributed by atoms with Crippen LogP contribution in [-0.4, -0.2) is 21.1 Å². The van der Waals surface area contributed by atoms with E-state index in [0.717, 1.165) is 17.9 Å². The monoisotopic (exact) mass is 246 g/mol. The number of rotatable bonds is 3. The second-order valence-corrected chi connectivity index (χ2v) is 6.02. The van der Waals surface area contributed by atoms with Crippen molar-refractivity contribution in [1.82, 2.24) is 14.6 Å². The van der Waals surface area contributed by atoms with Gasteiger partial charge in [0.1, 0.15) is 0 Å². The molecular formula is C14H22N4. The Bertz CT molecular complexity index is 536. The predicted molar refractivity (Wildman–Crippen MR) is 74.8 cm³/mol. The maximum absolute atomic E-state index is 4.47. The highest BCUT2D eigenvalue weighted by Crippen LogP contribution is 2.25. The molecule has 1 N–H and O–H groups in total. The summed E-state index contributed by atoms with van der Waals surface area (Å²) < 4.78 is 1.87. The molecule has 0 saturated carbocycles. The molecule has 0 aromatic carbocycles. The number of anilines is 1. The van der Waals surface area contributed by atoms with Crippen molar-refractivity contribution in [1.29, 1.82) is 0 Å². The van der Waals surface area contributed by atoms with Crippen LogP contribution in [0.5, 0.6) is 0 Å². The van der Waals surface area contributed by atoms with Gasteiger partial charge in [0.05, 0.1) is 0 Å². The first-order chi connectivity index (χ1) is 8.38. The van der Waals surface area contributed by atoms with Gasteiger partial charge >= 0.3 is 0 Å². The molecule has 1 unspecified atom stereocenters. The first kappa shape index (κ1) is 12.9. The van der Waals surface area contributed by atoms with Gasteiger partial charge in [-0.2, -0.15) is 4.98 Å². The normalized spacial score (nSPS) is 13.8. The fourth-order valence-electron chi connectivity index (χ4n) is 1.66. The van der Waals surface area contributed by atoms with Gasteiger partial charge in [0.25, 0.3) is 0 Å². The van der Waals surface area contributed by atoms with Crippen molar-refractivity contribution >= 4 is 11.6 Å². The largest absolute Gasteiger partial charge is 0.353 e. The Labute approximate surface area is 108 Å². The lowest BCUT2D eigenvalue weighted by Crippen LogP contribution is -2.25. The maximum atomic E-state index is 4.47. The fourth-order valence-corrected chi connectivity index (χ4v) is 1.66. The van der Waals surface area contributed by atoms with Gasteiger partial charge in [-0.15, -0.1) is 5.10 Å². The van der Waals surface area contributed by atoms with E-state index in [4.69, 9.17) is 0 Å². The lowest BCUT2D eigenvalue weighted by atomic mass is 9.82. The number of aryl methyl sites for hydroxylation is 1. The van der Waals surface area contributed by atoms with Gasteiger partial charge in [-0.3, -0.25) is 0 Å². The van der Waals surface area contributed by atoms with Crippen LogP contribution >= 0.6 is 0 Å². The molecule has 98 valence electrons. The lowest BCUT2D eigenvalue weighted by molar-refractivity contribution is 0.274. The third-order valence-electron chi connectivity index (χ3n) is 3.59. The molecule has 18 heavy (non-hydrogen) atoms. The van der Waals surface area contributed by atoms with Crippen molar-refractivity contribution in [2.24, 2.45) is 11.3 Å². The summed E-state index contributed by atoms with van der Waals surface area (Å²) in [5.41, 5.74) is 2.28. The summed E-state index contributed by atoms with van der Waals surface area (Å²) in [4.78, 5) is 4.47. The number of fused-ring (bicyclic) bond motifs is 1. The van der Waals surface area contributed by atoms with Crippen molar-refractivity contribution in [3.05, 3.63) is 23.9 Å². The molecule has 0 spiro atoms. The zero-order valence-electron chi connectivity index (χ0n) is 11.9. The molecule has 4 nitrogen and oxygen atoms in total. The molecule has 0 amide bonds. The summed E-state index contributed by atoms with van der Waals surface area (Å²) in [6.45, 7) is 11.9. The molecule has 2 aromatic heterocycles. The van der Waals surface area contributed by atoms with Crippen molar-refractivity contribution in [2.75, 3.05) is 11.9 Å². The Morgan fingerprint density at radius 2 is 2.06 bits per heavy atom. The Balaban J connectivity index is 2.11. The summed E-state index contributed by atoms with van der Waals surface area (Å²) in [6, 6.07) is 6.00. The van der Waals surface area contributed by atoms with Crippen LogP contribution in [0, 0.1) is 18.3 Å². The predicted octanol–water partition coefficient (Wildman–Crippen LogP) is 3.13. The van der Waals surface area contributed by atoms with E-state index in [1.807, 2.05) is 29.6 Å². The van der Waals surface area contributed by atoms with Crippen LogP contribution in [0.1, 0.15) is 33.4 Å². The molecule has 4 heteroatoms. The van der Waals surface area contributed by atoms with Gasteiger partial charge in [-0.05, 0) is 30.4 Å². The Hall–Kier alpha value is -1.58. The van der Waals surface area contributed by atoms with E-state index in [9.17, 15) is 0 Å². The van der Waals surface area contributed by atoms with Gasteiger partial charge in [0.15, 0.2) is 5.65 Å². The molecule has 0 aliphatic heterocycles. The molecule has 1 atom stereocenters. The van der Waals surface area contributed by atoms with Crippen molar-refractivity contribution < 1.29 is 0 Å². The Morgan fingerprint density at radius 1 is 1.33 bits per heavy atom. The molecule has 0 radical (unpaired) electrons. The first-order valence-electron chi connectivity index (χ1n) is 6.44. The SMILES string of the molecule is Cc1cccc2nc(NCC(C)C(C)(C)C)nn12. The number of aromatic nitrogens is 3. The molecule has 0 aliphatic rings. The molecule has 0 bridgehead atoms. The summed E-state index contributed by atoms with van der Waals surface area (Å²) in [7, 11) is 0. The van der Waals surface area contributed by atoms with Gasteiger partial charge < -0.3 is 5.32 Å². The third-order valence-corrected chi connectivity index (χ3v) is 3.59. The lowest BCUT2D eigenvalue weighted by Gasteiger charge is -2.27. The molecule has 0 aliphatic carbocycles. The number of nitrogens with zero attached hydrogens (tertiary/aromatic N) is 3. The minimum Gasteiger partial charge on any atom is -0.353 e. The second kappa shape index (κ2) is 4.59. The van der Waals surface area contributed by atoms with Crippen LogP contribution in [0.4, 0.5) is 5.95 Å². The van der Waals surface area contributed by atoms with E-state index in [1.165, 1.54) is 0 Å². The molecule has 0 saturated heterocycles. The van der Waals surface area contributed by atoms with E-state index in [0.29, 0.717) is 17.3 Å². The maximum Gasteiger partial charge on any atom is 0.243 e. The van der Waals surface area contributed by atoms with Crippen LogP contribution < -0.4 is 5.32 Å². The smallest absolute Gasteiger partial charge is 0.243 e. The summed E-state index contributed by atoms with van der Waals surface area (Å²) in [5.74, 6) is 1.27. The van der Waals surface area contributed by atoms with Gasteiger partial charge in [0.2, 0.25) is 5.95 Å². The quantitative estimate of drug-likeness (QED) is 0.904. The topological polar surface area (TPSA) is 42.2 Å². The zero-order chi connectivity index (χ0) is 13.3. The number of hydrogen-bond donors (Lipinski definition) is 1. The first-order valence-corrected chi connectivity index (χ1v) is 6.44. The average molecular weight is 246 g/mol. The highest BCUT2D eigenvalue weighted by atomic mass is 15.3. The highest BCUT2D eigenvalue weighted by molar-refractivity contribution is 5.44.